The Labute approximate surface area is 200 Å². The van der Waals surface area contributed by atoms with Crippen molar-refractivity contribution in [2.75, 3.05) is 6.61 Å². The van der Waals surface area contributed by atoms with Gasteiger partial charge in [0, 0.05) is 6.42 Å². The summed E-state index contributed by atoms with van der Waals surface area (Å²) < 4.78 is 20.8. The highest BCUT2D eigenvalue weighted by Crippen LogP contribution is 2.41. The summed E-state index contributed by atoms with van der Waals surface area (Å²) in [6, 6.07) is 0. The van der Waals surface area contributed by atoms with Gasteiger partial charge >= 0.3 is 5.97 Å². The molecule has 0 aliphatic heterocycles. The van der Waals surface area contributed by atoms with E-state index in [9.17, 15) is 4.79 Å². The van der Waals surface area contributed by atoms with Crippen molar-refractivity contribution in [3.63, 3.8) is 0 Å². The maximum Gasteiger partial charge on any atom is 0.306 e. The third-order valence-electron chi connectivity index (χ3n) is 6.34. The largest absolute Gasteiger partial charge is 0.460 e. The third kappa shape index (κ3) is 9.81. The molecule has 0 saturated heterocycles. The van der Waals surface area contributed by atoms with Crippen molar-refractivity contribution in [2.45, 2.75) is 116 Å². The van der Waals surface area contributed by atoms with Crippen molar-refractivity contribution >= 4 is 45.2 Å². The summed E-state index contributed by atoms with van der Waals surface area (Å²) >= 11 is 2.22. The van der Waals surface area contributed by atoms with E-state index in [0.717, 1.165) is 0 Å². The van der Waals surface area contributed by atoms with Crippen LogP contribution in [0.4, 0.5) is 0 Å². The lowest BCUT2D eigenvalue weighted by Crippen LogP contribution is -2.51. The predicted octanol–water partition coefficient (Wildman–Crippen LogP) is 6.42. The first-order valence-corrected chi connectivity index (χ1v) is 17.9. The number of carbonyl (C=O) groups excluding carboxylic acids is 1. The summed E-state index contributed by atoms with van der Waals surface area (Å²) in [5.41, 5.74) is 0. The molecule has 0 aliphatic rings. The molecular weight excluding hydrogens is 527 g/mol. The van der Waals surface area contributed by atoms with Gasteiger partial charge in [0.05, 0.1) is 18.8 Å². The summed E-state index contributed by atoms with van der Waals surface area (Å²) in [7, 11) is -4.13. The van der Waals surface area contributed by atoms with E-state index >= 15 is 0 Å². The number of hydrogen-bond acceptors (Lipinski definition) is 5. The van der Waals surface area contributed by atoms with Crippen LogP contribution in [0, 0.1) is 0 Å². The molecule has 0 aromatic rings. The normalized spacial score (nSPS) is 17.1. The minimum Gasteiger partial charge on any atom is -0.460 e. The number of aliphatic hydroxyl groups is 1. The molecule has 0 amide bonds. The van der Waals surface area contributed by atoms with Crippen molar-refractivity contribution < 1.29 is 23.5 Å². The fourth-order valence-electron chi connectivity index (χ4n) is 2.25. The van der Waals surface area contributed by atoms with Crippen LogP contribution in [-0.2, 0) is 18.4 Å². The fourth-order valence-corrected chi connectivity index (χ4v) is 5.29. The number of ether oxygens (including phenoxy) is 1. The molecule has 0 rings (SSSR count). The molecule has 0 saturated carbocycles. The first-order chi connectivity index (χ1) is 13.4. The second-order valence-corrected chi connectivity index (χ2v) is 21.3. The number of halogens is 1. The number of hydrogen-bond donors (Lipinski definition) is 1. The van der Waals surface area contributed by atoms with Gasteiger partial charge in [-0.25, -0.2) is 0 Å². The quantitative estimate of drug-likeness (QED) is 0.176. The number of esters is 1. The standard InChI is InChI=1S/C22H45IO5Si2/c1-17(16-24)26-20(25)13-12-18(27-29(8,9)21(2,3)4)19(14-15-23)28-30(10,11)22(5,6)7/h14-15,17-19,24H,12-13,16H2,1-11H3/b15-14+/t17-,18+,19-/m1/s1. The molecule has 1 N–H and O–H groups in total. The average molecular weight is 573 g/mol. The summed E-state index contributed by atoms with van der Waals surface area (Å²) in [4.78, 5) is 12.3. The maximum atomic E-state index is 12.3. The van der Waals surface area contributed by atoms with E-state index in [-0.39, 0.29) is 41.3 Å². The number of carbonyl (C=O) groups is 1. The Bertz CT molecular complexity index is 565. The van der Waals surface area contributed by atoms with Crippen LogP contribution >= 0.6 is 22.6 Å². The van der Waals surface area contributed by atoms with Crippen LogP contribution in [0.2, 0.25) is 36.3 Å². The number of aliphatic hydroxyl groups excluding tert-OH is 1. The highest BCUT2D eigenvalue weighted by atomic mass is 127. The fraction of sp³-hybridized carbons (Fsp3) is 0.864. The Morgan fingerprint density at radius 3 is 1.87 bits per heavy atom. The third-order valence-corrected chi connectivity index (χ3v) is 15.7. The van der Waals surface area contributed by atoms with E-state index < -0.39 is 22.7 Å². The van der Waals surface area contributed by atoms with E-state index in [0.29, 0.717) is 6.42 Å². The van der Waals surface area contributed by atoms with Crippen molar-refractivity contribution in [1.82, 2.24) is 0 Å². The van der Waals surface area contributed by atoms with E-state index in [4.69, 9.17) is 18.7 Å². The Morgan fingerprint density at radius 1 is 1.00 bits per heavy atom. The van der Waals surface area contributed by atoms with Gasteiger partial charge in [0.25, 0.3) is 0 Å². The molecule has 0 bridgehead atoms. The zero-order valence-electron chi connectivity index (χ0n) is 21.0. The summed E-state index contributed by atoms with van der Waals surface area (Å²) in [6.07, 6.45) is 1.86. The molecule has 0 spiro atoms. The van der Waals surface area contributed by atoms with Gasteiger partial charge in [-0.1, -0.05) is 64.1 Å². The van der Waals surface area contributed by atoms with Crippen LogP contribution in [0.1, 0.15) is 61.3 Å². The van der Waals surface area contributed by atoms with Crippen molar-refractivity contribution in [1.29, 1.82) is 0 Å². The molecule has 5 nitrogen and oxygen atoms in total. The van der Waals surface area contributed by atoms with Gasteiger partial charge in [0.2, 0.25) is 0 Å². The SMILES string of the molecule is C[C@H](CO)OC(=O)CC[C@H](O[Si](C)(C)C(C)(C)C)[C@@H](/C=C/I)O[Si](C)(C)C(C)(C)C. The average Bonchev–Trinajstić information content (AvgIpc) is 2.55. The molecule has 0 aromatic heterocycles. The molecular formula is C22H45IO5Si2. The van der Waals surface area contributed by atoms with Gasteiger partial charge in [0.1, 0.15) is 6.10 Å². The first-order valence-electron chi connectivity index (χ1n) is 10.8. The molecule has 0 fully saturated rings. The van der Waals surface area contributed by atoms with E-state index in [1.54, 1.807) is 6.92 Å². The maximum absolute atomic E-state index is 12.3. The lowest BCUT2D eigenvalue weighted by Gasteiger charge is -2.44. The highest BCUT2D eigenvalue weighted by Gasteiger charge is 2.44. The van der Waals surface area contributed by atoms with Gasteiger partial charge in [0.15, 0.2) is 16.6 Å². The molecule has 8 heteroatoms. The van der Waals surface area contributed by atoms with Crippen LogP contribution in [-0.4, -0.2) is 52.6 Å². The summed E-state index contributed by atoms with van der Waals surface area (Å²) in [5.74, 6) is -0.315. The van der Waals surface area contributed by atoms with Gasteiger partial charge in [-0.3, -0.25) is 4.79 Å². The van der Waals surface area contributed by atoms with Gasteiger partial charge in [-0.15, -0.1) is 0 Å². The van der Waals surface area contributed by atoms with E-state index in [1.165, 1.54) is 0 Å². The van der Waals surface area contributed by atoms with Crippen LogP contribution in [0.5, 0.6) is 0 Å². The van der Waals surface area contributed by atoms with Crippen LogP contribution in [0.25, 0.3) is 0 Å². The molecule has 30 heavy (non-hydrogen) atoms. The molecule has 178 valence electrons. The summed E-state index contributed by atoms with van der Waals surface area (Å²) in [6.45, 7) is 23.7. The van der Waals surface area contributed by atoms with Gasteiger partial charge in [-0.2, -0.15) is 0 Å². The first kappa shape index (κ1) is 30.3. The topological polar surface area (TPSA) is 65.0 Å². The van der Waals surface area contributed by atoms with Crippen LogP contribution in [0.3, 0.4) is 0 Å². The molecule has 0 unspecified atom stereocenters. The molecule has 0 heterocycles. The Morgan fingerprint density at radius 2 is 1.47 bits per heavy atom. The molecule has 3 atom stereocenters. The second kappa shape index (κ2) is 11.9. The van der Waals surface area contributed by atoms with Crippen molar-refractivity contribution in [2.24, 2.45) is 0 Å². The molecule has 0 aromatic carbocycles. The lowest BCUT2D eigenvalue weighted by atomic mass is 10.1. The lowest BCUT2D eigenvalue weighted by molar-refractivity contribution is -0.150. The van der Waals surface area contributed by atoms with Crippen molar-refractivity contribution in [3.05, 3.63) is 10.2 Å². The second-order valence-electron chi connectivity index (χ2n) is 11.1. The number of rotatable bonds is 11. The van der Waals surface area contributed by atoms with Crippen LogP contribution in [0.15, 0.2) is 10.2 Å². The van der Waals surface area contributed by atoms with Crippen molar-refractivity contribution in [3.8, 4) is 0 Å². The monoisotopic (exact) mass is 572 g/mol. The predicted molar refractivity (Wildman–Crippen MR) is 139 cm³/mol. The Balaban J connectivity index is 5.76. The highest BCUT2D eigenvalue weighted by molar-refractivity contribution is 14.1. The zero-order chi connectivity index (χ0) is 24.0. The molecule has 0 radical (unpaired) electrons. The van der Waals surface area contributed by atoms with Gasteiger partial charge < -0.3 is 18.7 Å². The smallest absolute Gasteiger partial charge is 0.306 e. The minimum absolute atomic E-state index is 0.0483. The van der Waals surface area contributed by atoms with E-state index in [1.807, 2.05) is 4.08 Å². The molecule has 0 aliphatic carbocycles. The van der Waals surface area contributed by atoms with Gasteiger partial charge in [-0.05, 0) is 59.8 Å². The zero-order valence-corrected chi connectivity index (χ0v) is 25.1. The minimum atomic E-state index is -2.08. The van der Waals surface area contributed by atoms with Crippen LogP contribution < -0.4 is 0 Å². The Kier molecular flexibility index (Phi) is 12.0. The van der Waals surface area contributed by atoms with E-state index in [2.05, 4.69) is 96.4 Å². The summed E-state index contributed by atoms with van der Waals surface area (Å²) in [5, 5.41) is 9.26. The Hall–Kier alpha value is 0.254.